The molecule has 2 heterocycles. The van der Waals surface area contributed by atoms with Crippen LogP contribution in [-0.2, 0) is 11.2 Å². The molecule has 1 N–H and O–H groups in total. The molecule has 6 heteroatoms. The molecule has 1 amide bonds. The number of aromatic nitrogens is 1. The van der Waals surface area contributed by atoms with Gasteiger partial charge >= 0.3 is 0 Å². The Morgan fingerprint density at radius 1 is 1.42 bits per heavy atom. The normalized spacial score (nSPS) is 18.2. The number of hydrogen-bond acceptors (Lipinski definition) is 3. The van der Waals surface area contributed by atoms with Crippen molar-refractivity contribution in [3.63, 3.8) is 0 Å². The molecule has 2 rings (SSSR count). The van der Waals surface area contributed by atoms with Crippen LogP contribution in [0.4, 0.5) is 0 Å². The van der Waals surface area contributed by atoms with E-state index in [0.717, 1.165) is 26.1 Å². The van der Waals surface area contributed by atoms with Crippen LogP contribution in [0.15, 0.2) is 24.5 Å². The maximum Gasteiger partial charge on any atom is 0.222 e. The molecule has 0 bridgehead atoms. The molecule has 0 unspecified atom stereocenters. The molecule has 1 aliphatic heterocycles. The van der Waals surface area contributed by atoms with Crippen LogP contribution in [0.1, 0.15) is 18.9 Å². The number of halogens is 2. The van der Waals surface area contributed by atoms with E-state index in [1.807, 2.05) is 17.0 Å². The van der Waals surface area contributed by atoms with Crippen molar-refractivity contribution in [1.82, 2.24) is 15.2 Å². The van der Waals surface area contributed by atoms with Gasteiger partial charge in [0.2, 0.25) is 5.91 Å². The van der Waals surface area contributed by atoms with Gasteiger partial charge in [-0.25, -0.2) is 0 Å². The highest BCUT2D eigenvalue weighted by molar-refractivity contribution is 5.85. The van der Waals surface area contributed by atoms with Gasteiger partial charge in [-0.2, -0.15) is 0 Å². The van der Waals surface area contributed by atoms with Gasteiger partial charge in [0, 0.05) is 44.5 Å². The van der Waals surface area contributed by atoms with Crippen molar-refractivity contribution >= 4 is 30.7 Å². The smallest absolute Gasteiger partial charge is 0.222 e. The fraction of sp³-hybridized carbons (Fsp3) is 0.538. The number of amides is 1. The number of nitrogens with one attached hydrogen (secondary N) is 1. The molecule has 1 aliphatic rings. The van der Waals surface area contributed by atoms with Crippen molar-refractivity contribution < 1.29 is 4.79 Å². The predicted octanol–water partition coefficient (Wildman–Crippen LogP) is 1.68. The molecule has 1 aromatic rings. The molecule has 19 heavy (non-hydrogen) atoms. The first kappa shape index (κ1) is 18.2. The van der Waals surface area contributed by atoms with Crippen molar-refractivity contribution in [2.24, 2.45) is 0 Å². The highest BCUT2D eigenvalue weighted by atomic mass is 35.5. The predicted molar refractivity (Wildman–Crippen MR) is 81.1 cm³/mol. The van der Waals surface area contributed by atoms with Gasteiger partial charge < -0.3 is 10.2 Å². The Balaban J connectivity index is 0.00000162. The Labute approximate surface area is 126 Å². The second-order valence-electron chi connectivity index (χ2n) is 4.55. The van der Waals surface area contributed by atoms with Crippen LogP contribution in [0.2, 0.25) is 0 Å². The summed E-state index contributed by atoms with van der Waals surface area (Å²) in [7, 11) is 0. The van der Waals surface area contributed by atoms with E-state index < -0.39 is 0 Å². The van der Waals surface area contributed by atoms with Crippen molar-refractivity contribution in [3.05, 3.63) is 30.1 Å². The Kier molecular flexibility index (Phi) is 8.72. The van der Waals surface area contributed by atoms with Gasteiger partial charge in [-0.05, 0) is 31.0 Å². The standard InChI is InChI=1S/C13H19N3O.2ClH/c1-11-10-16(9-8-15-11)13(17)3-2-12-4-6-14-7-5-12;;/h4-7,11,15H,2-3,8-10H2,1H3;2*1H/t11-;;/m1../s1. The van der Waals surface area contributed by atoms with E-state index in [2.05, 4.69) is 17.2 Å². The second-order valence-corrected chi connectivity index (χ2v) is 4.55. The Hall–Kier alpha value is -0.840. The van der Waals surface area contributed by atoms with Gasteiger partial charge in [-0.15, -0.1) is 24.8 Å². The fourth-order valence-corrected chi connectivity index (χ4v) is 2.12. The molecule has 0 aromatic carbocycles. The van der Waals surface area contributed by atoms with Gasteiger partial charge in [-0.1, -0.05) is 0 Å². The Bertz CT molecular complexity index is 375. The maximum absolute atomic E-state index is 12.0. The number of hydrogen-bond donors (Lipinski definition) is 1. The third-order valence-corrected chi connectivity index (χ3v) is 3.10. The third-order valence-electron chi connectivity index (χ3n) is 3.10. The summed E-state index contributed by atoms with van der Waals surface area (Å²) in [4.78, 5) is 17.9. The number of carbonyl (C=O) groups is 1. The molecule has 108 valence electrons. The summed E-state index contributed by atoms with van der Waals surface area (Å²) in [6, 6.07) is 4.34. The molecule has 1 aromatic heterocycles. The van der Waals surface area contributed by atoms with Crippen LogP contribution in [-0.4, -0.2) is 41.5 Å². The van der Waals surface area contributed by atoms with Crippen LogP contribution in [0.3, 0.4) is 0 Å². The summed E-state index contributed by atoms with van der Waals surface area (Å²) >= 11 is 0. The lowest BCUT2D eigenvalue weighted by atomic mass is 10.1. The second kappa shape index (κ2) is 9.13. The summed E-state index contributed by atoms with van der Waals surface area (Å²) < 4.78 is 0. The van der Waals surface area contributed by atoms with Crippen molar-refractivity contribution in [3.8, 4) is 0 Å². The SMILES string of the molecule is C[C@@H]1CN(C(=O)CCc2ccncc2)CCN1.Cl.Cl. The summed E-state index contributed by atoms with van der Waals surface area (Å²) in [5.41, 5.74) is 1.18. The number of piperazine rings is 1. The van der Waals surface area contributed by atoms with E-state index in [0.29, 0.717) is 12.5 Å². The van der Waals surface area contributed by atoms with E-state index in [-0.39, 0.29) is 30.7 Å². The zero-order chi connectivity index (χ0) is 12.1. The zero-order valence-corrected chi connectivity index (χ0v) is 12.7. The van der Waals surface area contributed by atoms with Gasteiger partial charge in [0.25, 0.3) is 0 Å². The highest BCUT2D eigenvalue weighted by Crippen LogP contribution is 2.06. The number of aryl methyl sites for hydroxylation is 1. The zero-order valence-electron chi connectivity index (χ0n) is 11.0. The van der Waals surface area contributed by atoms with Gasteiger partial charge in [0.1, 0.15) is 0 Å². The summed E-state index contributed by atoms with van der Waals surface area (Å²) in [6.07, 6.45) is 4.94. The van der Waals surface area contributed by atoms with Gasteiger partial charge in [0.05, 0.1) is 0 Å². The van der Waals surface area contributed by atoms with E-state index in [1.165, 1.54) is 5.56 Å². The largest absolute Gasteiger partial charge is 0.340 e. The molecule has 0 spiro atoms. The molecule has 4 nitrogen and oxygen atoms in total. The first-order valence-electron chi connectivity index (χ1n) is 6.16. The highest BCUT2D eigenvalue weighted by Gasteiger charge is 2.19. The molecule has 1 atom stereocenters. The minimum Gasteiger partial charge on any atom is -0.340 e. The average molecular weight is 306 g/mol. The lowest BCUT2D eigenvalue weighted by molar-refractivity contribution is -0.132. The third kappa shape index (κ3) is 5.76. The first-order valence-corrected chi connectivity index (χ1v) is 6.16. The number of pyridine rings is 1. The summed E-state index contributed by atoms with van der Waals surface area (Å²) in [5.74, 6) is 0.259. The monoisotopic (exact) mass is 305 g/mol. The molecular formula is C13H21Cl2N3O. The quantitative estimate of drug-likeness (QED) is 0.924. The molecule has 0 saturated carbocycles. The van der Waals surface area contributed by atoms with Gasteiger partial charge in [0.15, 0.2) is 0 Å². The maximum atomic E-state index is 12.0. The number of carbonyl (C=O) groups excluding carboxylic acids is 1. The topological polar surface area (TPSA) is 45.2 Å². The average Bonchev–Trinajstić information content (AvgIpc) is 2.37. The molecular weight excluding hydrogens is 285 g/mol. The molecule has 1 fully saturated rings. The van der Waals surface area contributed by atoms with Gasteiger partial charge in [-0.3, -0.25) is 9.78 Å². The van der Waals surface area contributed by atoms with Crippen LogP contribution < -0.4 is 5.32 Å². The first-order chi connectivity index (χ1) is 8.25. The Morgan fingerprint density at radius 2 is 2.11 bits per heavy atom. The van der Waals surface area contributed by atoms with Crippen molar-refractivity contribution in [2.75, 3.05) is 19.6 Å². The molecule has 0 aliphatic carbocycles. The van der Waals surface area contributed by atoms with E-state index >= 15 is 0 Å². The van der Waals surface area contributed by atoms with Crippen LogP contribution >= 0.6 is 24.8 Å². The van der Waals surface area contributed by atoms with E-state index in [9.17, 15) is 4.79 Å². The van der Waals surface area contributed by atoms with Crippen LogP contribution in [0.25, 0.3) is 0 Å². The Morgan fingerprint density at radius 3 is 2.74 bits per heavy atom. The van der Waals surface area contributed by atoms with Crippen LogP contribution in [0, 0.1) is 0 Å². The molecule has 0 radical (unpaired) electrons. The molecule has 1 saturated heterocycles. The van der Waals surface area contributed by atoms with E-state index in [4.69, 9.17) is 0 Å². The minimum absolute atomic E-state index is 0. The minimum atomic E-state index is 0. The fourth-order valence-electron chi connectivity index (χ4n) is 2.12. The lowest BCUT2D eigenvalue weighted by Gasteiger charge is -2.32. The van der Waals surface area contributed by atoms with E-state index in [1.54, 1.807) is 12.4 Å². The summed E-state index contributed by atoms with van der Waals surface area (Å²) in [6.45, 7) is 4.68. The van der Waals surface area contributed by atoms with Crippen LogP contribution in [0.5, 0.6) is 0 Å². The lowest BCUT2D eigenvalue weighted by Crippen LogP contribution is -2.51. The summed E-state index contributed by atoms with van der Waals surface area (Å²) in [5, 5.41) is 3.34. The van der Waals surface area contributed by atoms with Crippen molar-refractivity contribution in [1.29, 1.82) is 0 Å². The van der Waals surface area contributed by atoms with Crippen molar-refractivity contribution in [2.45, 2.75) is 25.8 Å². The number of nitrogens with zero attached hydrogens (tertiary/aromatic N) is 2. The number of rotatable bonds is 3.